The number of carbonyl (C=O) groups is 2. The highest BCUT2D eigenvalue weighted by Crippen LogP contribution is 2.55. The molecule has 0 aromatic carbocycles. The van der Waals surface area contributed by atoms with Crippen LogP contribution in [0.5, 0.6) is 0 Å². The molecule has 0 spiro atoms. The first-order chi connectivity index (χ1) is 9.14. The quantitative estimate of drug-likeness (QED) is 0.795. The van der Waals surface area contributed by atoms with Gasteiger partial charge in [-0.15, -0.1) is 11.3 Å². The standard InChI is InChI=1S/C13H21NO4S2/c1-7-20(6,12(16)18-13(2,3)4)11-14-9(8-19-11)10(15)17-5/h8H,7H2,1-6H3. The Kier molecular flexibility index (Phi) is 5.21. The Bertz CT molecular complexity index is 507. The van der Waals surface area contributed by atoms with Gasteiger partial charge in [0.25, 0.3) is 0 Å². The molecule has 1 aromatic rings. The van der Waals surface area contributed by atoms with Crippen molar-refractivity contribution in [2.75, 3.05) is 19.1 Å². The molecule has 0 amide bonds. The van der Waals surface area contributed by atoms with Crippen LogP contribution >= 0.6 is 21.4 Å². The van der Waals surface area contributed by atoms with Crippen molar-refractivity contribution in [3.63, 3.8) is 0 Å². The molecule has 0 N–H and O–H groups in total. The molecule has 1 heterocycles. The van der Waals surface area contributed by atoms with Gasteiger partial charge in [-0.25, -0.2) is 14.6 Å². The molecule has 0 aliphatic rings. The van der Waals surface area contributed by atoms with Crippen LogP contribution in [0.4, 0.5) is 4.79 Å². The maximum atomic E-state index is 12.4. The fraction of sp³-hybridized carbons (Fsp3) is 0.615. The van der Waals surface area contributed by atoms with Gasteiger partial charge in [0.1, 0.15) is 9.94 Å². The molecule has 20 heavy (non-hydrogen) atoms. The summed E-state index contributed by atoms with van der Waals surface area (Å²) in [6, 6.07) is 0. The lowest BCUT2D eigenvalue weighted by Crippen LogP contribution is -2.27. The highest BCUT2D eigenvalue weighted by molar-refractivity contribution is 8.45. The number of carbonyl (C=O) groups excluding carboxylic acids is 2. The molecule has 5 nitrogen and oxygen atoms in total. The summed E-state index contributed by atoms with van der Waals surface area (Å²) in [6.07, 6.45) is 1.86. The molecule has 0 saturated carbocycles. The summed E-state index contributed by atoms with van der Waals surface area (Å²) in [5.74, 6) is 0.130. The van der Waals surface area contributed by atoms with Crippen LogP contribution in [-0.4, -0.2) is 41.0 Å². The van der Waals surface area contributed by atoms with Crippen molar-refractivity contribution < 1.29 is 19.1 Å². The molecule has 0 aliphatic carbocycles. The number of esters is 1. The van der Waals surface area contributed by atoms with Gasteiger partial charge in [0.05, 0.1) is 7.11 Å². The van der Waals surface area contributed by atoms with E-state index in [9.17, 15) is 9.59 Å². The number of hydrogen-bond donors (Lipinski definition) is 0. The number of methoxy groups -OCH3 is 1. The summed E-state index contributed by atoms with van der Waals surface area (Å²) in [4.78, 5) is 28.1. The average molecular weight is 319 g/mol. The second kappa shape index (κ2) is 6.13. The minimum absolute atomic E-state index is 0.239. The summed E-state index contributed by atoms with van der Waals surface area (Å²) in [6.45, 7) is 7.44. The van der Waals surface area contributed by atoms with E-state index in [0.717, 1.165) is 0 Å². The predicted octanol–water partition coefficient (Wildman–Crippen LogP) is 3.68. The van der Waals surface area contributed by atoms with Gasteiger partial charge in [0.15, 0.2) is 5.69 Å². The lowest BCUT2D eigenvalue weighted by molar-refractivity contribution is 0.0593. The molecule has 0 radical (unpaired) electrons. The van der Waals surface area contributed by atoms with E-state index in [1.807, 2.05) is 34.0 Å². The van der Waals surface area contributed by atoms with Gasteiger partial charge in [0, 0.05) is 5.38 Å². The number of rotatable bonds is 3. The zero-order valence-electron chi connectivity index (χ0n) is 12.7. The van der Waals surface area contributed by atoms with E-state index in [4.69, 9.17) is 4.74 Å². The predicted molar refractivity (Wildman–Crippen MR) is 82.0 cm³/mol. The Morgan fingerprint density at radius 3 is 2.45 bits per heavy atom. The lowest BCUT2D eigenvalue weighted by atomic mass is 10.2. The number of nitrogens with zero attached hydrogens (tertiary/aromatic N) is 1. The van der Waals surface area contributed by atoms with Crippen molar-refractivity contribution in [3.8, 4) is 0 Å². The zero-order chi connectivity index (χ0) is 15.6. The van der Waals surface area contributed by atoms with Gasteiger partial charge in [-0.2, -0.15) is 0 Å². The van der Waals surface area contributed by atoms with Gasteiger partial charge in [-0.1, -0.05) is 17.0 Å². The van der Waals surface area contributed by atoms with Crippen molar-refractivity contribution in [2.45, 2.75) is 37.6 Å². The Hall–Kier alpha value is -1.08. The molecule has 7 heteroatoms. The van der Waals surface area contributed by atoms with Crippen molar-refractivity contribution >= 4 is 32.6 Å². The van der Waals surface area contributed by atoms with Crippen molar-refractivity contribution in [1.29, 1.82) is 0 Å². The Labute approximate surface area is 125 Å². The zero-order valence-corrected chi connectivity index (χ0v) is 14.3. The molecule has 1 rings (SSSR count). The number of ether oxygens (including phenoxy) is 2. The van der Waals surface area contributed by atoms with E-state index < -0.39 is 21.6 Å². The Balaban J connectivity index is 3.07. The molecule has 0 saturated heterocycles. The van der Waals surface area contributed by atoms with E-state index in [0.29, 0.717) is 10.1 Å². The van der Waals surface area contributed by atoms with E-state index >= 15 is 0 Å². The Morgan fingerprint density at radius 2 is 2.00 bits per heavy atom. The van der Waals surface area contributed by atoms with Crippen molar-refractivity contribution in [2.24, 2.45) is 0 Å². The van der Waals surface area contributed by atoms with Crippen LogP contribution < -0.4 is 0 Å². The summed E-state index contributed by atoms with van der Waals surface area (Å²) < 4.78 is 10.8. The maximum absolute atomic E-state index is 12.4. The highest BCUT2D eigenvalue weighted by atomic mass is 32.3. The van der Waals surface area contributed by atoms with Gasteiger partial charge in [0.2, 0.25) is 0 Å². The smallest absolute Gasteiger partial charge is 0.357 e. The number of thiazole rings is 1. The summed E-state index contributed by atoms with van der Waals surface area (Å²) in [5.41, 5.74) is -0.300. The third-order valence-electron chi connectivity index (χ3n) is 2.60. The maximum Gasteiger partial charge on any atom is 0.357 e. The van der Waals surface area contributed by atoms with Crippen LogP contribution in [0.3, 0.4) is 0 Å². The van der Waals surface area contributed by atoms with Crippen LogP contribution in [0.15, 0.2) is 9.72 Å². The first kappa shape index (κ1) is 17.0. The minimum Gasteiger partial charge on any atom is -0.464 e. The topological polar surface area (TPSA) is 65.5 Å². The molecule has 1 aromatic heterocycles. The highest BCUT2D eigenvalue weighted by Gasteiger charge is 2.35. The van der Waals surface area contributed by atoms with Crippen molar-refractivity contribution in [3.05, 3.63) is 11.1 Å². The van der Waals surface area contributed by atoms with Crippen LogP contribution in [0.1, 0.15) is 38.2 Å². The molecule has 0 bridgehead atoms. The molecule has 1 atom stereocenters. The Morgan fingerprint density at radius 1 is 1.40 bits per heavy atom. The largest absolute Gasteiger partial charge is 0.464 e. The van der Waals surface area contributed by atoms with E-state index in [1.165, 1.54) is 18.4 Å². The molecular formula is C13H21NO4S2. The van der Waals surface area contributed by atoms with Gasteiger partial charge in [-0.05, 0) is 32.8 Å². The first-order valence-corrected chi connectivity index (χ1v) is 9.26. The monoisotopic (exact) mass is 319 g/mol. The molecule has 0 fully saturated rings. The van der Waals surface area contributed by atoms with Gasteiger partial charge >= 0.3 is 11.3 Å². The van der Waals surface area contributed by atoms with Crippen LogP contribution in [0.2, 0.25) is 0 Å². The fourth-order valence-corrected chi connectivity index (χ4v) is 4.74. The number of aromatic nitrogens is 1. The average Bonchev–Trinajstić information content (AvgIpc) is 2.84. The summed E-state index contributed by atoms with van der Waals surface area (Å²) in [5, 5.41) is 1.37. The second-order valence-corrected chi connectivity index (χ2v) is 9.92. The van der Waals surface area contributed by atoms with Crippen LogP contribution in [-0.2, 0) is 9.47 Å². The van der Waals surface area contributed by atoms with Gasteiger partial charge < -0.3 is 9.47 Å². The molecular weight excluding hydrogens is 298 g/mol. The lowest BCUT2D eigenvalue weighted by Gasteiger charge is -2.32. The molecule has 1 unspecified atom stereocenters. The van der Waals surface area contributed by atoms with Crippen molar-refractivity contribution in [1.82, 2.24) is 4.98 Å². The second-order valence-electron chi connectivity index (χ2n) is 5.33. The summed E-state index contributed by atoms with van der Waals surface area (Å²) >= 11 is 1.30. The fourth-order valence-electron chi connectivity index (χ4n) is 1.32. The number of hydrogen-bond acceptors (Lipinski definition) is 6. The van der Waals surface area contributed by atoms with Gasteiger partial charge in [-0.3, -0.25) is 0 Å². The third-order valence-corrected chi connectivity index (χ3v) is 7.46. The first-order valence-electron chi connectivity index (χ1n) is 6.17. The minimum atomic E-state index is -1.85. The van der Waals surface area contributed by atoms with E-state index in [1.54, 1.807) is 5.38 Å². The van der Waals surface area contributed by atoms with E-state index in [-0.39, 0.29) is 11.0 Å². The van der Waals surface area contributed by atoms with Crippen LogP contribution in [0.25, 0.3) is 0 Å². The molecule has 114 valence electrons. The van der Waals surface area contributed by atoms with Crippen LogP contribution in [0, 0.1) is 0 Å². The normalized spacial score (nSPS) is 16.1. The summed E-state index contributed by atoms with van der Waals surface area (Å²) in [7, 11) is -0.543. The van der Waals surface area contributed by atoms with E-state index in [2.05, 4.69) is 9.72 Å². The SMILES string of the molecule is CCS(C)(C(=O)OC(C)(C)C)c1nc(C(=O)OC)cs1. The third kappa shape index (κ3) is 3.73. The molecule has 0 aliphatic heterocycles.